The van der Waals surface area contributed by atoms with Crippen molar-refractivity contribution in [2.24, 2.45) is 0 Å². The van der Waals surface area contributed by atoms with E-state index in [1.54, 1.807) is 35.9 Å². The molecule has 8 heteroatoms. The standard InChI is InChI=1S/C17H14ClN5O2/c1-10-20-21-22-23(10)14-4-2-3-13(9-14)19-17(24)16-8-11-7-12(18)5-6-15(11)25-16/h2-7,9,16H,8H2,1H3,(H,19,24). The van der Waals surface area contributed by atoms with E-state index in [-0.39, 0.29) is 5.91 Å². The molecule has 2 heterocycles. The second-order valence-electron chi connectivity index (χ2n) is 5.74. The van der Waals surface area contributed by atoms with Crippen molar-refractivity contribution in [1.82, 2.24) is 20.2 Å². The van der Waals surface area contributed by atoms with Crippen molar-refractivity contribution in [3.05, 3.63) is 58.9 Å². The predicted molar refractivity (Wildman–Crippen MR) is 92.1 cm³/mol. The topological polar surface area (TPSA) is 81.9 Å². The van der Waals surface area contributed by atoms with E-state index in [1.165, 1.54) is 0 Å². The fraction of sp³-hybridized carbons (Fsp3) is 0.176. The van der Waals surface area contributed by atoms with E-state index in [0.29, 0.717) is 28.7 Å². The van der Waals surface area contributed by atoms with Crippen LogP contribution in [0.1, 0.15) is 11.4 Å². The number of aromatic nitrogens is 4. The molecule has 0 radical (unpaired) electrons. The first-order valence-corrected chi connectivity index (χ1v) is 8.09. The van der Waals surface area contributed by atoms with E-state index >= 15 is 0 Å². The second-order valence-corrected chi connectivity index (χ2v) is 6.18. The molecule has 1 unspecified atom stereocenters. The number of halogens is 1. The molecular formula is C17H14ClN5O2. The maximum absolute atomic E-state index is 12.5. The Labute approximate surface area is 148 Å². The van der Waals surface area contributed by atoms with Crippen LogP contribution in [0.25, 0.3) is 5.69 Å². The van der Waals surface area contributed by atoms with Gasteiger partial charge in [-0.05, 0) is 59.3 Å². The molecule has 1 N–H and O–H groups in total. The molecule has 1 aliphatic rings. The molecule has 1 atom stereocenters. The first-order chi connectivity index (χ1) is 12.1. The van der Waals surface area contributed by atoms with Gasteiger partial charge in [0, 0.05) is 17.1 Å². The van der Waals surface area contributed by atoms with Gasteiger partial charge in [-0.1, -0.05) is 17.7 Å². The second kappa shape index (κ2) is 6.18. The summed E-state index contributed by atoms with van der Waals surface area (Å²) < 4.78 is 7.31. The largest absolute Gasteiger partial charge is 0.480 e. The maximum atomic E-state index is 12.5. The molecule has 0 saturated heterocycles. The molecule has 2 aromatic carbocycles. The molecule has 0 fully saturated rings. The summed E-state index contributed by atoms with van der Waals surface area (Å²) in [6.07, 6.45) is -0.0834. The summed E-state index contributed by atoms with van der Waals surface area (Å²) in [5, 5.41) is 14.9. The highest BCUT2D eigenvalue weighted by Gasteiger charge is 2.29. The Balaban J connectivity index is 1.50. The zero-order valence-electron chi connectivity index (χ0n) is 13.3. The molecule has 7 nitrogen and oxygen atoms in total. The van der Waals surface area contributed by atoms with Gasteiger partial charge in [-0.2, -0.15) is 4.68 Å². The lowest BCUT2D eigenvalue weighted by Gasteiger charge is -2.12. The number of ether oxygens (including phenoxy) is 1. The Kier molecular flexibility index (Phi) is 3.85. The fourth-order valence-electron chi connectivity index (χ4n) is 2.77. The summed E-state index contributed by atoms with van der Waals surface area (Å²) >= 11 is 5.98. The van der Waals surface area contributed by atoms with Gasteiger partial charge in [0.25, 0.3) is 5.91 Å². The third-order valence-corrected chi connectivity index (χ3v) is 4.21. The van der Waals surface area contributed by atoms with Gasteiger partial charge in [-0.15, -0.1) is 5.10 Å². The molecule has 0 aliphatic carbocycles. The van der Waals surface area contributed by atoms with E-state index in [9.17, 15) is 4.79 Å². The van der Waals surface area contributed by atoms with Gasteiger partial charge in [0.2, 0.25) is 0 Å². The van der Waals surface area contributed by atoms with Crippen LogP contribution in [0, 0.1) is 6.92 Å². The average Bonchev–Trinajstić information content (AvgIpc) is 3.20. The number of rotatable bonds is 3. The number of amides is 1. The van der Waals surface area contributed by atoms with Crippen molar-refractivity contribution < 1.29 is 9.53 Å². The number of benzene rings is 2. The SMILES string of the molecule is Cc1nnnn1-c1cccc(NC(=O)C2Cc3cc(Cl)ccc3O2)c1. The van der Waals surface area contributed by atoms with Crippen LogP contribution in [0.2, 0.25) is 5.02 Å². The van der Waals surface area contributed by atoms with Crippen LogP contribution in [0.15, 0.2) is 42.5 Å². The third-order valence-electron chi connectivity index (χ3n) is 3.97. The van der Waals surface area contributed by atoms with Crippen LogP contribution in [-0.2, 0) is 11.2 Å². The summed E-state index contributed by atoms with van der Waals surface area (Å²) in [7, 11) is 0. The highest BCUT2D eigenvalue weighted by atomic mass is 35.5. The molecule has 1 aromatic heterocycles. The van der Waals surface area contributed by atoms with Crippen molar-refractivity contribution in [2.75, 3.05) is 5.32 Å². The molecule has 1 aliphatic heterocycles. The van der Waals surface area contributed by atoms with E-state index in [2.05, 4.69) is 20.8 Å². The molecule has 1 amide bonds. The summed E-state index contributed by atoms with van der Waals surface area (Å²) in [6, 6.07) is 12.7. The Morgan fingerprint density at radius 1 is 1.32 bits per heavy atom. The monoisotopic (exact) mass is 355 g/mol. The normalized spacial score (nSPS) is 15.5. The molecule has 4 rings (SSSR count). The summed E-state index contributed by atoms with van der Waals surface area (Å²) in [4.78, 5) is 12.5. The van der Waals surface area contributed by atoms with E-state index < -0.39 is 6.10 Å². The number of fused-ring (bicyclic) bond motifs is 1. The van der Waals surface area contributed by atoms with Crippen molar-refractivity contribution in [2.45, 2.75) is 19.4 Å². The van der Waals surface area contributed by atoms with E-state index in [4.69, 9.17) is 16.3 Å². The van der Waals surface area contributed by atoms with Crippen molar-refractivity contribution >= 4 is 23.2 Å². The number of tetrazole rings is 1. The molecule has 3 aromatic rings. The van der Waals surface area contributed by atoms with Crippen LogP contribution in [0.4, 0.5) is 5.69 Å². The highest BCUT2D eigenvalue weighted by Crippen LogP contribution is 2.31. The third kappa shape index (κ3) is 3.06. The molecule has 126 valence electrons. The van der Waals surface area contributed by atoms with Crippen molar-refractivity contribution in [1.29, 1.82) is 0 Å². The minimum absolute atomic E-state index is 0.210. The minimum Gasteiger partial charge on any atom is -0.480 e. The molecule has 0 spiro atoms. The van der Waals surface area contributed by atoms with Crippen LogP contribution >= 0.6 is 11.6 Å². The Morgan fingerprint density at radius 2 is 2.20 bits per heavy atom. The fourth-order valence-corrected chi connectivity index (χ4v) is 2.97. The first kappa shape index (κ1) is 15.6. The predicted octanol–water partition coefficient (Wildman–Crippen LogP) is 2.57. The Morgan fingerprint density at radius 3 is 3.00 bits per heavy atom. The van der Waals surface area contributed by atoms with Gasteiger partial charge in [0.05, 0.1) is 5.69 Å². The number of nitrogens with zero attached hydrogens (tertiary/aromatic N) is 4. The number of aryl methyl sites for hydroxylation is 1. The smallest absolute Gasteiger partial charge is 0.265 e. The van der Waals surface area contributed by atoms with E-state index in [0.717, 1.165) is 11.3 Å². The van der Waals surface area contributed by atoms with Gasteiger partial charge in [0.15, 0.2) is 11.9 Å². The lowest BCUT2D eigenvalue weighted by molar-refractivity contribution is -0.122. The van der Waals surface area contributed by atoms with Crippen molar-refractivity contribution in [3.8, 4) is 11.4 Å². The quantitative estimate of drug-likeness (QED) is 0.780. The van der Waals surface area contributed by atoms with Crippen LogP contribution in [0.5, 0.6) is 5.75 Å². The van der Waals surface area contributed by atoms with Crippen LogP contribution < -0.4 is 10.1 Å². The number of carbonyl (C=O) groups excluding carboxylic acids is 1. The van der Waals surface area contributed by atoms with Gasteiger partial charge < -0.3 is 10.1 Å². The number of hydrogen-bond acceptors (Lipinski definition) is 5. The van der Waals surface area contributed by atoms with Gasteiger partial charge in [-0.25, -0.2) is 0 Å². The molecule has 25 heavy (non-hydrogen) atoms. The number of nitrogens with one attached hydrogen (secondary N) is 1. The maximum Gasteiger partial charge on any atom is 0.265 e. The van der Waals surface area contributed by atoms with Crippen LogP contribution in [0.3, 0.4) is 0 Å². The van der Waals surface area contributed by atoms with E-state index in [1.807, 2.05) is 18.2 Å². The summed E-state index contributed by atoms with van der Waals surface area (Å²) in [6.45, 7) is 1.81. The van der Waals surface area contributed by atoms with Gasteiger partial charge >= 0.3 is 0 Å². The number of carbonyl (C=O) groups is 1. The van der Waals surface area contributed by atoms with Gasteiger partial charge in [-0.3, -0.25) is 4.79 Å². The lowest BCUT2D eigenvalue weighted by atomic mass is 10.1. The number of hydrogen-bond donors (Lipinski definition) is 1. The molecular weight excluding hydrogens is 342 g/mol. The highest BCUT2D eigenvalue weighted by molar-refractivity contribution is 6.30. The lowest BCUT2D eigenvalue weighted by Crippen LogP contribution is -2.31. The molecule has 0 saturated carbocycles. The average molecular weight is 356 g/mol. The Hall–Kier alpha value is -2.93. The van der Waals surface area contributed by atoms with Gasteiger partial charge in [0.1, 0.15) is 5.75 Å². The summed E-state index contributed by atoms with van der Waals surface area (Å²) in [5.41, 5.74) is 2.35. The zero-order chi connectivity index (χ0) is 17.4. The summed E-state index contributed by atoms with van der Waals surface area (Å²) in [5.74, 6) is 1.15. The van der Waals surface area contributed by atoms with Crippen molar-refractivity contribution in [3.63, 3.8) is 0 Å². The minimum atomic E-state index is -0.577. The van der Waals surface area contributed by atoms with Crippen LogP contribution in [-0.4, -0.2) is 32.2 Å². The number of anilines is 1. The molecule has 0 bridgehead atoms. The first-order valence-electron chi connectivity index (χ1n) is 7.71. The Bertz CT molecular complexity index is 956. The zero-order valence-corrected chi connectivity index (χ0v) is 14.1.